The van der Waals surface area contributed by atoms with Crippen molar-refractivity contribution in [3.05, 3.63) is 60.2 Å². The Labute approximate surface area is 149 Å². The third-order valence-corrected chi connectivity index (χ3v) is 5.02. The molecule has 0 amide bonds. The molecule has 2 N–H and O–H groups in total. The van der Waals surface area contributed by atoms with Crippen LogP contribution in [-0.2, 0) is 12.1 Å². The monoisotopic (exact) mass is 346 g/mol. The zero-order chi connectivity index (χ0) is 17.6. The SMILES string of the molecule is NC1(c2noc(-c3cnc4c(cnn4Cc4ccccc4)c3)n2)CCC1. The lowest BCUT2D eigenvalue weighted by molar-refractivity contribution is 0.229. The van der Waals surface area contributed by atoms with Crippen molar-refractivity contribution in [2.45, 2.75) is 31.3 Å². The molecule has 5 rings (SSSR count). The van der Waals surface area contributed by atoms with Gasteiger partial charge in [-0.15, -0.1) is 0 Å². The highest BCUT2D eigenvalue weighted by Crippen LogP contribution is 2.37. The second kappa shape index (κ2) is 5.74. The largest absolute Gasteiger partial charge is 0.334 e. The van der Waals surface area contributed by atoms with E-state index in [1.807, 2.05) is 35.1 Å². The number of benzene rings is 1. The molecule has 130 valence electrons. The summed E-state index contributed by atoms with van der Waals surface area (Å²) in [5.74, 6) is 1.03. The lowest BCUT2D eigenvalue weighted by atomic mass is 9.77. The van der Waals surface area contributed by atoms with Gasteiger partial charge in [-0.3, -0.25) is 0 Å². The number of nitrogens with zero attached hydrogens (tertiary/aromatic N) is 5. The van der Waals surface area contributed by atoms with Gasteiger partial charge in [0.1, 0.15) is 0 Å². The maximum atomic E-state index is 6.27. The molecule has 7 heteroatoms. The first-order valence-corrected chi connectivity index (χ1v) is 8.70. The minimum atomic E-state index is -0.431. The van der Waals surface area contributed by atoms with Crippen LogP contribution in [0.5, 0.6) is 0 Å². The molecule has 0 spiro atoms. The molecule has 1 aromatic carbocycles. The Kier molecular flexibility index (Phi) is 3.36. The smallest absolute Gasteiger partial charge is 0.259 e. The zero-order valence-corrected chi connectivity index (χ0v) is 14.2. The number of hydrogen-bond donors (Lipinski definition) is 1. The first-order chi connectivity index (χ1) is 12.7. The van der Waals surface area contributed by atoms with Gasteiger partial charge in [-0.2, -0.15) is 10.1 Å². The molecule has 0 saturated heterocycles. The Morgan fingerprint density at radius 2 is 2.00 bits per heavy atom. The van der Waals surface area contributed by atoms with Crippen LogP contribution in [0.15, 0.2) is 53.3 Å². The molecular weight excluding hydrogens is 328 g/mol. The van der Waals surface area contributed by atoms with Crippen LogP contribution in [0, 0.1) is 0 Å². The maximum absolute atomic E-state index is 6.27. The fraction of sp³-hybridized carbons (Fsp3) is 0.263. The van der Waals surface area contributed by atoms with Gasteiger partial charge in [0.25, 0.3) is 5.89 Å². The quantitative estimate of drug-likeness (QED) is 0.610. The van der Waals surface area contributed by atoms with Crippen LogP contribution in [0.4, 0.5) is 0 Å². The summed E-state index contributed by atoms with van der Waals surface area (Å²) >= 11 is 0. The molecule has 3 heterocycles. The van der Waals surface area contributed by atoms with Crippen LogP contribution in [0.3, 0.4) is 0 Å². The minimum Gasteiger partial charge on any atom is -0.334 e. The number of fused-ring (bicyclic) bond motifs is 1. The Balaban J connectivity index is 1.46. The lowest BCUT2D eigenvalue weighted by Gasteiger charge is -2.34. The summed E-state index contributed by atoms with van der Waals surface area (Å²) in [6, 6.07) is 12.2. The molecular formula is C19H18N6O. The summed E-state index contributed by atoms with van der Waals surface area (Å²) in [6.45, 7) is 0.678. The van der Waals surface area contributed by atoms with Crippen molar-refractivity contribution in [3.8, 4) is 11.5 Å². The van der Waals surface area contributed by atoms with Crippen LogP contribution in [-0.4, -0.2) is 24.9 Å². The molecule has 0 unspecified atom stereocenters. The third-order valence-electron chi connectivity index (χ3n) is 5.02. The van der Waals surface area contributed by atoms with Crippen molar-refractivity contribution in [2.24, 2.45) is 5.73 Å². The van der Waals surface area contributed by atoms with Crippen LogP contribution in [0.1, 0.15) is 30.7 Å². The highest BCUT2D eigenvalue weighted by Gasteiger charge is 2.39. The summed E-state index contributed by atoms with van der Waals surface area (Å²) < 4.78 is 7.30. The van der Waals surface area contributed by atoms with Crippen LogP contribution >= 0.6 is 0 Å². The topological polar surface area (TPSA) is 95.6 Å². The van der Waals surface area contributed by atoms with Crippen molar-refractivity contribution in [3.63, 3.8) is 0 Å². The van der Waals surface area contributed by atoms with E-state index in [1.165, 1.54) is 5.56 Å². The fourth-order valence-electron chi connectivity index (χ4n) is 3.29. The second-order valence-corrected chi connectivity index (χ2v) is 6.86. The number of hydrogen-bond acceptors (Lipinski definition) is 6. The van der Waals surface area contributed by atoms with Gasteiger partial charge in [-0.05, 0) is 30.9 Å². The van der Waals surface area contributed by atoms with Crippen molar-refractivity contribution in [1.29, 1.82) is 0 Å². The molecule has 26 heavy (non-hydrogen) atoms. The number of aromatic nitrogens is 5. The van der Waals surface area contributed by atoms with Gasteiger partial charge in [-0.1, -0.05) is 35.5 Å². The normalized spacial score (nSPS) is 15.9. The summed E-state index contributed by atoms with van der Waals surface area (Å²) in [6.07, 6.45) is 6.45. The number of pyridine rings is 1. The first kappa shape index (κ1) is 15.2. The summed E-state index contributed by atoms with van der Waals surface area (Å²) in [5.41, 5.74) is 8.62. The van der Waals surface area contributed by atoms with Crippen molar-refractivity contribution < 1.29 is 4.52 Å². The van der Waals surface area contributed by atoms with Crippen molar-refractivity contribution in [2.75, 3.05) is 0 Å². The van der Waals surface area contributed by atoms with E-state index >= 15 is 0 Å². The number of rotatable bonds is 4. The maximum Gasteiger partial charge on any atom is 0.259 e. The first-order valence-electron chi connectivity index (χ1n) is 8.70. The van der Waals surface area contributed by atoms with Crippen LogP contribution in [0.2, 0.25) is 0 Å². The van der Waals surface area contributed by atoms with Gasteiger partial charge in [0, 0.05) is 11.6 Å². The van der Waals surface area contributed by atoms with Gasteiger partial charge in [0.05, 0.1) is 23.8 Å². The van der Waals surface area contributed by atoms with Gasteiger partial charge in [0.15, 0.2) is 11.5 Å². The second-order valence-electron chi connectivity index (χ2n) is 6.86. The highest BCUT2D eigenvalue weighted by atomic mass is 16.5. The Morgan fingerprint density at radius 3 is 2.77 bits per heavy atom. The van der Waals surface area contributed by atoms with E-state index in [1.54, 1.807) is 6.20 Å². The summed E-state index contributed by atoms with van der Waals surface area (Å²) in [4.78, 5) is 9.05. The molecule has 4 aromatic rings. The van der Waals surface area contributed by atoms with E-state index in [0.717, 1.165) is 35.9 Å². The van der Waals surface area contributed by atoms with E-state index in [9.17, 15) is 0 Å². The molecule has 1 aliphatic carbocycles. The van der Waals surface area contributed by atoms with Gasteiger partial charge in [-0.25, -0.2) is 9.67 Å². The third kappa shape index (κ3) is 2.48. The average molecular weight is 346 g/mol. The van der Waals surface area contributed by atoms with E-state index in [4.69, 9.17) is 10.3 Å². The molecule has 0 bridgehead atoms. The fourth-order valence-corrected chi connectivity index (χ4v) is 3.29. The van der Waals surface area contributed by atoms with E-state index < -0.39 is 5.54 Å². The minimum absolute atomic E-state index is 0.431. The van der Waals surface area contributed by atoms with E-state index in [2.05, 4.69) is 32.4 Å². The Morgan fingerprint density at radius 1 is 1.15 bits per heavy atom. The van der Waals surface area contributed by atoms with Gasteiger partial charge >= 0.3 is 0 Å². The highest BCUT2D eigenvalue weighted by molar-refractivity contribution is 5.79. The van der Waals surface area contributed by atoms with Gasteiger partial charge in [0.2, 0.25) is 0 Å². The zero-order valence-electron chi connectivity index (χ0n) is 14.2. The molecule has 1 saturated carbocycles. The molecule has 0 aliphatic heterocycles. The molecule has 0 atom stereocenters. The summed E-state index contributed by atoms with van der Waals surface area (Å²) in [5, 5.41) is 9.46. The Hall–Kier alpha value is -3.06. The van der Waals surface area contributed by atoms with Crippen molar-refractivity contribution >= 4 is 11.0 Å². The van der Waals surface area contributed by atoms with Crippen LogP contribution < -0.4 is 5.73 Å². The molecule has 1 fully saturated rings. The van der Waals surface area contributed by atoms with Crippen molar-refractivity contribution in [1.82, 2.24) is 24.9 Å². The van der Waals surface area contributed by atoms with E-state index in [0.29, 0.717) is 18.3 Å². The standard InChI is InChI=1S/C19H18N6O/c20-19(7-4-8-19)18-23-17(26-24-18)15-9-14-11-22-25(16(14)21-10-15)12-13-5-2-1-3-6-13/h1-3,5-6,9-11H,4,7-8,12,20H2. The molecule has 3 aromatic heterocycles. The summed E-state index contributed by atoms with van der Waals surface area (Å²) in [7, 11) is 0. The average Bonchev–Trinajstić information content (AvgIpc) is 3.28. The predicted octanol–water partition coefficient (Wildman–Crippen LogP) is 2.87. The number of nitrogens with two attached hydrogens (primary N) is 1. The molecule has 0 radical (unpaired) electrons. The van der Waals surface area contributed by atoms with Gasteiger partial charge < -0.3 is 10.3 Å². The van der Waals surface area contributed by atoms with E-state index in [-0.39, 0.29) is 0 Å². The lowest BCUT2D eigenvalue weighted by Crippen LogP contribution is -2.44. The molecule has 1 aliphatic rings. The van der Waals surface area contributed by atoms with Crippen LogP contribution in [0.25, 0.3) is 22.5 Å². The predicted molar refractivity (Wildman–Crippen MR) is 96.1 cm³/mol. The Bertz CT molecular complexity index is 1060. The molecule has 7 nitrogen and oxygen atoms in total.